The number of hydrogen-bond acceptors (Lipinski definition) is 6. The molecule has 1 amide bonds. The molecule has 9 heteroatoms. The summed E-state index contributed by atoms with van der Waals surface area (Å²) in [5, 5.41) is 9.95. The Morgan fingerprint density at radius 1 is 1.06 bits per heavy atom. The van der Waals surface area contributed by atoms with Crippen molar-refractivity contribution in [1.82, 2.24) is 19.7 Å². The molecule has 5 rings (SSSR count). The fraction of sp³-hybridized carbons (Fsp3) is 0.409. The van der Waals surface area contributed by atoms with E-state index >= 15 is 0 Å². The number of aromatic amines is 1. The summed E-state index contributed by atoms with van der Waals surface area (Å²) in [4.78, 5) is 19.6. The van der Waals surface area contributed by atoms with Crippen molar-refractivity contribution in [2.75, 3.05) is 36.5 Å². The summed E-state index contributed by atoms with van der Waals surface area (Å²) >= 11 is 0. The largest absolute Gasteiger partial charge is 0.486 e. The quantitative estimate of drug-likeness (QED) is 0.670. The van der Waals surface area contributed by atoms with E-state index in [2.05, 4.69) is 25.4 Å². The molecule has 4 heterocycles. The van der Waals surface area contributed by atoms with E-state index in [1.807, 2.05) is 42.7 Å². The van der Waals surface area contributed by atoms with Gasteiger partial charge in [-0.25, -0.2) is 5.10 Å². The van der Waals surface area contributed by atoms with Gasteiger partial charge in [-0.15, -0.1) is 5.10 Å². The molecule has 0 bridgehead atoms. The second kappa shape index (κ2) is 7.98. The Kier molecular flexibility index (Phi) is 5.01. The standard InChI is InChI=1S/C22H26N6O3/c1-14-12-17(15(2)28(14)16-6-7-18-19(13-16)31-11-10-30-18)20(29)23-21-24-22(26-25-21)27-8-4-3-5-9-27/h6-7,12-13H,3-5,8-11H2,1-2H3,(H2,23,24,25,26,29). The lowest BCUT2D eigenvalue weighted by molar-refractivity contribution is 0.102. The number of carbonyl (C=O) groups is 1. The van der Waals surface area contributed by atoms with E-state index in [4.69, 9.17) is 9.47 Å². The van der Waals surface area contributed by atoms with E-state index in [0.29, 0.717) is 36.4 Å². The molecule has 2 aliphatic rings. The van der Waals surface area contributed by atoms with Gasteiger partial charge < -0.3 is 18.9 Å². The van der Waals surface area contributed by atoms with Crippen LogP contribution < -0.4 is 19.7 Å². The number of fused-ring (bicyclic) bond motifs is 1. The molecule has 0 radical (unpaired) electrons. The predicted molar refractivity (Wildman–Crippen MR) is 117 cm³/mol. The molecular formula is C22H26N6O3. The second-order valence-electron chi connectivity index (χ2n) is 7.93. The van der Waals surface area contributed by atoms with E-state index in [9.17, 15) is 4.79 Å². The number of nitrogens with one attached hydrogen (secondary N) is 2. The number of benzene rings is 1. The first-order valence-electron chi connectivity index (χ1n) is 10.7. The summed E-state index contributed by atoms with van der Waals surface area (Å²) in [7, 11) is 0. The number of carbonyl (C=O) groups excluding carboxylic acids is 1. The zero-order chi connectivity index (χ0) is 21.4. The SMILES string of the molecule is Cc1cc(C(=O)Nc2nc(N3CCCCC3)n[nH]2)c(C)n1-c1ccc2c(c1)OCCO2. The predicted octanol–water partition coefficient (Wildman–Crippen LogP) is 3.23. The summed E-state index contributed by atoms with van der Waals surface area (Å²) in [5.41, 5.74) is 3.29. The zero-order valence-electron chi connectivity index (χ0n) is 17.8. The van der Waals surface area contributed by atoms with Gasteiger partial charge in [0.15, 0.2) is 11.5 Å². The molecule has 2 N–H and O–H groups in total. The van der Waals surface area contributed by atoms with Gasteiger partial charge in [0.25, 0.3) is 5.91 Å². The van der Waals surface area contributed by atoms with Crippen molar-refractivity contribution in [3.8, 4) is 17.2 Å². The number of amides is 1. The fourth-order valence-corrected chi connectivity index (χ4v) is 4.28. The molecule has 1 aromatic carbocycles. The highest BCUT2D eigenvalue weighted by Gasteiger charge is 2.21. The minimum absolute atomic E-state index is 0.224. The maximum absolute atomic E-state index is 13.0. The Morgan fingerprint density at radius 3 is 2.65 bits per heavy atom. The molecule has 1 saturated heterocycles. The highest BCUT2D eigenvalue weighted by atomic mass is 16.6. The van der Waals surface area contributed by atoms with Crippen molar-refractivity contribution >= 4 is 17.8 Å². The van der Waals surface area contributed by atoms with Gasteiger partial charge in [-0.05, 0) is 51.3 Å². The van der Waals surface area contributed by atoms with Gasteiger partial charge in [0.2, 0.25) is 11.9 Å². The lowest BCUT2D eigenvalue weighted by atomic mass is 10.1. The Bertz CT molecular complexity index is 1110. The van der Waals surface area contributed by atoms with Gasteiger partial charge in [-0.1, -0.05) is 0 Å². The first kappa shape index (κ1) is 19.5. The molecule has 1 fully saturated rings. The van der Waals surface area contributed by atoms with Crippen LogP contribution in [0.2, 0.25) is 0 Å². The van der Waals surface area contributed by atoms with Crippen molar-refractivity contribution < 1.29 is 14.3 Å². The number of aromatic nitrogens is 4. The van der Waals surface area contributed by atoms with E-state index < -0.39 is 0 Å². The topological polar surface area (TPSA) is 97.3 Å². The third kappa shape index (κ3) is 3.71. The molecule has 2 aliphatic heterocycles. The third-order valence-corrected chi connectivity index (χ3v) is 5.80. The van der Waals surface area contributed by atoms with Gasteiger partial charge in [0.1, 0.15) is 13.2 Å². The van der Waals surface area contributed by atoms with Crippen LogP contribution in [-0.2, 0) is 0 Å². The van der Waals surface area contributed by atoms with E-state index in [1.165, 1.54) is 6.42 Å². The number of anilines is 2. The monoisotopic (exact) mass is 422 g/mol. The molecule has 2 aromatic heterocycles. The van der Waals surface area contributed by atoms with E-state index in [0.717, 1.165) is 48.8 Å². The highest BCUT2D eigenvalue weighted by Crippen LogP contribution is 2.33. The molecule has 3 aromatic rings. The Balaban J connectivity index is 1.36. The fourth-order valence-electron chi connectivity index (χ4n) is 4.28. The molecular weight excluding hydrogens is 396 g/mol. The van der Waals surface area contributed by atoms with Crippen LogP contribution in [0.5, 0.6) is 11.5 Å². The first-order chi connectivity index (χ1) is 15.1. The molecule has 9 nitrogen and oxygen atoms in total. The van der Waals surface area contributed by atoms with Crippen LogP contribution in [0.25, 0.3) is 5.69 Å². The van der Waals surface area contributed by atoms with E-state index in [-0.39, 0.29) is 5.91 Å². The lowest BCUT2D eigenvalue weighted by Gasteiger charge is -2.24. The number of rotatable bonds is 4. The summed E-state index contributed by atoms with van der Waals surface area (Å²) in [5.74, 6) is 2.23. The van der Waals surface area contributed by atoms with Gasteiger partial charge in [-0.3, -0.25) is 10.1 Å². The van der Waals surface area contributed by atoms with Crippen LogP contribution in [0.3, 0.4) is 0 Å². The summed E-state index contributed by atoms with van der Waals surface area (Å²) in [6, 6.07) is 7.69. The number of aryl methyl sites for hydroxylation is 1. The van der Waals surface area contributed by atoms with Crippen LogP contribution in [0, 0.1) is 13.8 Å². The number of nitrogens with zero attached hydrogens (tertiary/aromatic N) is 4. The van der Waals surface area contributed by atoms with Crippen molar-refractivity contribution in [2.24, 2.45) is 0 Å². The lowest BCUT2D eigenvalue weighted by Crippen LogP contribution is -2.30. The van der Waals surface area contributed by atoms with Crippen molar-refractivity contribution in [2.45, 2.75) is 33.1 Å². The molecule has 162 valence electrons. The molecule has 0 spiro atoms. The van der Waals surface area contributed by atoms with Crippen LogP contribution >= 0.6 is 0 Å². The maximum atomic E-state index is 13.0. The van der Waals surface area contributed by atoms with Crippen LogP contribution in [0.4, 0.5) is 11.9 Å². The minimum atomic E-state index is -0.224. The molecule has 0 aliphatic carbocycles. The average molecular weight is 422 g/mol. The molecule has 0 atom stereocenters. The van der Waals surface area contributed by atoms with Crippen molar-refractivity contribution in [3.05, 3.63) is 41.2 Å². The normalized spacial score (nSPS) is 15.7. The Labute approximate surface area is 180 Å². The zero-order valence-corrected chi connectivity index (χ0v) is 17.8. The smallest absolute Gasteiger partial charge is 0.259 e. The maximum Gasteiger partial charge on any atom is 0.259 e. The first-order valence-corrected chi connectivity index (χ1v) is 10.7. The van der Waals surface area contributed by atoms with Gasteiger partial charge in [0, 0.05) is 36.2 Å². The highest BCUT2D eigenvalue weighted by molar-refractivity contribution is 6.04. The summed E-state index contributed by atoms with van der Waals surface area (Å²) in [6.07, 6.45) is 3.52. The average Bonchev–Trinajstić information content (AvgIpc) is 3.38. The number of H-pyrrole nitrogens is 1. The number of piperidine rings is 1. The third-order valence-electron chi connectivity index (χ3n) is 5.80. The Morgan fingerprint density at radius 2 is 1.84 bits per heavy atom. The van der Waals surface area contributed by atoms with E-state index in [1.54, 1.807) is 0 Å². The number of ether oxygens (including phenoxy) is 2. The molecule has 0 unspecified atom stereocenters. The van der Waals surface area contributed by atoms with Crippen molar-refractivity contribution in [3.63, 3.8) is 0 Å². The molecule has 0 saturated carbocycles. The summed E-state index contributed by atoms with van der Waals surface area (Å²) < 4.78 is 13.4. The second-order valence-corrected chi connectivity index (χ2v) is 7.93. The molecule has 31 heavy (non-hydrogen) atoms. The number of hydrogen-bond donors (Lipinski definition) is 2. The van der Waals surface area contributed by atoms with Gasteiger partial charge >= 0.3 is 0 Å². The Hall–Kier alpha value is -3.49. The van der Waals surface area contributed by atoms with Crippen LogP contribution in [-0.4, -0.2) is 52.0 Å². The van der Waals surface area contributed by atoms with Gasteiger partial charge in [0.05, 0.1) is 5.56 Å². The summed E-state index contributed by atoms with van der Waals surface area (Å²) in [6.45, 7) is 6.88. The minimum Gasteiger partial charge on any atom is -0.486 e. The van der Waals surface area contributed by atoms with Gasteiger partial charge in [-0.2, -0.15) is 4.98 Å². The van der Waals surface area contributed by atoms with Crippen LogP contribution in [0.15, 0.2) is 24.3 Å². The van der Waals surface area contributed by atoms with Crippen molar-refractivity contribution in [1.29, 1.82) is 0 Å². The van der Waals surface area contributed by atoms with Crippen LogP contribution in [0.1, 0.15) is 41.0 Å².